The van der Waals surface area contributed by atoms with Gasteiger partial charge in [-0.25, -0.2) is 0 Å². The minimum atomic E-state index is -4.30. The molecule has 0 amide bonds. The highest BCUT2D eigenvalue weighted by atomic mass is 19.4. The summed E-state index contributed by atoms with van der Waals surface area (Å²) in [5, 5.41) is 0. The van der Waals surface area contributed by atoms with Gasteiger partial charge in [-0.15, -0.1) is 0 Å². The van der Waals surface area contributed by atoms with Gasteiger partial charge in [-0.05, 0) is 11.6 Å². The van der Waals surface area contributed by atoms with Crippen molar-refractivity contribution in [2.24, 2.45) is 0 Å². The molecule has 0 N–H and O–H groups in total. The van der Waals surface area contributed by atoms with Crippen molar-refractivity contribution in [3.8, 4) is 0 Å². The summed E-state index contributed by atoms with van der Waals surface area (Å²) in [6.45, 7) is 0.403. The Morgan fingerprint density at radius 2 is 2.12 bits per heavy atom. The fourth-order valence-electron chi connectivity index (χ4n) is 1.96. The van der Waals surface area contributed by atoms with Crippen LogP contribution in [-0.4, -0.2) is 20.0 Å². The first-order valence-corrected chi connectivity index (χ1v) is 5.32. The standard InChI is InChI=1S/C12H13F3O2/c1-16-11-6-9(7-17-11)8-3-2-4-10(5-8)12(13,14)15/h2-5,9,11H,6-7H2,1H3/t9-,11+/m0/s1. The lowest BCUT2D eigenvalue weighted by Crippen LogP contribution is -2.08. The van der Waals surface area contributed by atoms with E-state index in [0.717, 1.165) is 6.07 Å². The van der Waals surface area contributed by atoms with E-state index in [0.29, 0.717) is 18.6 Å². The van der Waals surface area contributed by atoms with Gasteiger partial charge in [-0.2, -0.15) is 13.2 Å². The zero-order valence-corrected chi connectivity index (χ0v) is 9.33. The number of alkyl halides is 3. The molecule has 2 nitrogen and oxygen atoms in total. The predicted octanol–water partition coefficient (Wildman–Crippen LogP) is 3.18. The van der Waals surface area contributed by atoms with Crippen molar-refractivity contribution in [3.05, 3.63) is 35.4 Å². The topological polar surface area (TPSA) is 18.5 Å². The molecular formula is C12H13F3O2. The number of hydrogen-bond donors (Lipinski definition) is 0. The smallest absolute Gasteiger partial charge is 0.356 e. The SMILES string of the molecule is CO[C@H]1C[C@H](c2cccc(C(F)(F)F)c2)CO1. The van der Waals surface area contributed by atoms with Gasteiger partial charge in [0.15, 0.2) is 6.29 Å². The van der Waals surface area contributed by atoms with Crippen molar-refractivity contribution >= 4 is 0 Å². The Balaban J connectivity index is 2.17. The zero-order chi connectivity index (χ0) is 12.5. The molecule has 5 heteroatoms. The maximum absolute atomic E-state index is 12.5. The van der Waals surface area contributed by atoms with Crippen LogP contribution >= 0.6 is 0 Å². The number of halogens is 3. The molecule has 1 aromatic carbocycles. The Kier molecular flexibility index (Phi) is 3.40. The van der Waals surface area contributed by atoms with Crippen LogP contribution in [0.5, 0.6) is 0 Å². The first-order valence-electron chi connectivity index (χ1n) is 5.32. The van der Waals surface area contributed by atoms with E-state index in [9.17, 15) is 13.2 Å². The highest BCUT2D eigenvalue weighted by Gasteiger charge is 2.32. The third kappa shape index (κ3) is 2.79. The quantitative estimate of drug-likeness (QED) is 0.797. The molecular weight excluding hydrogens is 233 g/mol. The molecule has 0 radical (unpaired) electrons. The fourth-order valence-corrected chi connectivity index (χ4v) is 1.96. The molecule has 0 saturated carbocycles. The number of rotatable bonds is 2. The average Bonchev–Trinajstić information content (AvgIpc) is 2.76. The second-order valence-electron chi connectivity index (χ2n) is 4.05. The predicted molar refractivity (Wildman–Crippen MR) is 55.6 cm³/mol. The Labute approximate surface area is 97.3 Å². The van der Waals surface area contributed by atoms with Crippen molar-refractivity contribution in [2.75, 3.05) is 13.7 Å². The largest absolute Gasteiger partial charge is 0.416 e. The molecule has 0 aromatic heterocycles. The highest BCUT2D eigenvalue weighted by molar-refractivity contribution is 5.28. The lowest BCUT2D eigenvalue weighted by molar-refractivity contribution is -0.137. The third-order valence-corrected chi connectivity index (χ3v) is 2.91. The van der Waals surface area contributed by atoms with Crippen LogP contribution in [0.25, 0.3) is 0 Å². The summed E-state index contributed by atoms with van der Waals surface area (Å²) in [4.78, 5) is 0. The van der Waals surface area contributed by atoms with Crippen LogP contribution in [0.4, 0.5) is 13.2 Å². The van der Waals surface area contributed by atoms with E-state index in [-0.39, 0.29) is 12.2 Å². The average molecular weight is 246 g/mol. The maximum atomic E-state index is 12.5. The molecule has 1 aromatic rings. The lowest BCUT2D eigenvalue weighted by atomic mass is 9.96. The van der Waals surface area contributed by atoms with Gasteiger partial charge in [-0.1, -0.05) is 18.2 Å². The summed E-state index contributed by atoms with van der Waals surface area (Å²) >= 11 is 0. The Hall–Kier alpha value is -1.07. The van der Waals surface area contributed by atoms with Crippen LogP contribution in [0.3, 0.4) is 0 Å². The van der Waals surface area contributed by atoms with Gasteiger partial charge in [0.2, 0.25) is 0 Å². The molecule has 94 valence electrons. The summed E-state index contributed by atoms with van der Waals surface area (Å²) < 4.78 is 47.9. The second-order valence-corrected chi connectivity index (χ2v) is 4.05. The molecule has 1 aliphatic heterocycles. The molecule has 17 heavy (non-hydrogen) atoms. The molecule has 1 aliphatic rings. The van der Waals surface area contributed by atoms with Crippen molar-refractivity contribution in [3.63, 3.8) is 0 Å². The number of methoxy groups -OCH3 is 1. The van der Waals surface area contributed by atoms with E-state index in [1.807, 2.05) is 0 Å². The van der Waals surface area contributed by atoms with E-state index in [4.69, 9.17) is 9.47 Å². The summed E-state index contributed by atoms with van der Waals surface area (Å²) in [7, 11) is 1.53. The minimum absolute atomic E-state index is 0.0257. The van der Waals surface area contributed by atoms with E-state index < -0.39 is 11.7 Å². The van der Waals surface area contributed by atoms with Crippen LogP contribution in [0.15, 0.2) is 24.3 Å². The zero-order valence-electron chi connectivity index (χ0n) is 9.33. The molecule has 0 unspecified atom stereocenters. The summed E-state index contributed by atoms with van der Waals surface area (Å²) in [6.07, 6.45) is -4.01. The normalized spacial score (nSPS) is 25.2. The second kappa shape index (κ2) is 4.66. The molecule has 0 aliphatic carbocycles. The van der Waals surface area contributed by atoms with Gasteiger partial charge in [0.25, 0.3) is 0 Å². The van der Waals surface area contributed by atoms with E-state index in [1.54, 1.807) is 6.07 Å². The van der Waals surface area contributed by atoms with Crippen molar-refractivity contribution in [2.45, 2.75) is 24.8 Å². The molecule has 2 rings (SSSR count). The number of ether oxygens (including phenoxy) is 2. The van der Waals surface area contributed by atoms with Gasteiger partial charge < -0.3 is 9.47 Å². The molecule has 2 atom stereocenters. The molecule has 1 saturated heterocycles. The van der Waals surface area contributed by atoms with Gasteiger partial charge in [-0.3, -0.25) is 0 Å². The van der Waals surface area contributed by atoms with Crippen LogP contribution in [0, 0.1) is 0 Å². The molecule has 0 spiro atoms. The maximum Gasteiger partial charge on any atom is 0.416 e. The first-order chi connectivity index (χ1) is 8.00. The first kappa shape index (κ1) is 12.4. The highest BCUT2D eigenvalue weighted by Crippen LogP contribution is 2.34. The van der Waals surface area contributed by atoms with E-state index in [1.165, 1.54) is 19.2 Å². The van der Waals surface area contributed by atoms with Gasteiger partial charge in [0.1, 0.15) is 0 Å². The Morgan fingerprint density at radius 3 is 2.71 bits per heavy atom. The van der Waals surface area contributed by atoms with Crippen LogP contribution in [-0.2, 0) is 15.7 Å². The Morgan fingerprint density at radius 1 is 1.35 bits per heavy atom. The van der Waals surface area contributed by atoms with Gasteiger partial charge in [0.05, 0.1) is 12.2 Å². The van der Waals surface area contributed by atoms with E-state index >= 15 is 0 Å². The number of hydrogen-bond acceptors (Lipinski definition) is 2. The van der Waals surface area contributed by atoms with Gasteiger partial charge >= 0.3 is 6.18 Å². The van der Waals surface area contributed by atoms with Crippen molar-refractivity contribution in [1.29, 1.82) is 0 Å². The Bertz CT molecular complexity index is 390. The van der Waals surface area contributed by atoms with Crippen LogP contribution < -0.4 is 0 Å². The third-order valence-electron chi connectivity index (χ3n) is 2.91. The monoisotopic (exact) mass is 246 g/mol. The van der Waals surface area contributed by atoms with Crippen molar-refractivity contribution < 1.29 is 22.6 Å². The summed E-state index contributed by atoms with van der Waals surface area (Å²) in [6, 6.07) is 5.39. The van der Waals surface area contributed by atoms with Crippen LogP contribution in [0.1, 0.15) is 23.5 Å². The molecule has 0 bridgehead atoms. The lowest BCUT2D eigenvalue weighted by Gasteiger charge is -2.12. The van der Waals surface area contributed by atoms with Crippen LogP contribution in [0.2, 0.25) is 0 Å². The number of benzene rings is 1. The van der Waals surface area contributed by atoms with Crippen molar-refractivity contribution in [1.82, 2.24) is 0 Å². The van der Waals surface area contributed by atoms with Gasteiger partial charge in [0, 0.05) is 19.4 Å². The molecule has 1 heterocycles. The minimum Gasteiger partial charge on any atom is -0.356 e. The molecule has 1 fully saturated rings. The summed E-state index contributed by atoms with van der Waals surface area (Å²) in [5.74, 6) is -0.0257. The van der Waals surface area contributed by atoms with E-state index in [2.05, 4.69) is 0 Å². The summed E-state index contributed by atoms with van der Waals surface area (Å²) in [5.41, 5.74) is 0.0373. The fraction of sp³-hybridized carbons (Fsp3) is 0.500.